The van der Waals surface area contributed by atoms with Crippen LogP contribution in [-0.2, 0) is 32.5 Å². The average molecular weight is 957 g/mol. The van der Waals surface area contributed by atoms with E-state index >= 15 is 4.39 Å². The van der Waals surface area contributed by atoms with E-state index in [1.807, 2.05) is 12.1 Å². The van der Waals surface area contributed by atoms with Crippen LogP contribution in [-0.4, -0.2) is 88.3 Å². The number of halogens is 5. The van der Waals surface area contributed by atoms with Gasteiger partial charge in [0.2, 0.25) is 17.7 Å². The maximum absolute atomic E-state index is 16.4. The van der Waals surface area contributed by atoms with Crippen LogP contribution in [0.1, 0.15) is 136 Å². The molecule has 3 saturated carbocycles. The number of nitrogens with zero attached hydrogens (tertiary/aromatic N) is 3. The van der Waals surface area contributed by atoms with E-state index < -0.39 is 58.6 Å². The number of rotatable bonds is 7. The Labute approximate surface area is 399 Å². The Balaban J connectivity index is 0.793. The number of aromatic nitrogens is 1. The molecular weight excluding hydrogens is 898 g/mol. The number of nitrogens with one attached hydrogen (secondary N) is 4. The van der Waals surface area contributed by atoms with E-state index in [0.29, 0.717) is 30.5 Å². The summed E-state index contributed by atoms with van der Waals surface area (Å²) >= 11 is 6.43. The standard InChI is InChI=1S/C52H58ClF4N7O4/c1-48(2,3)25-40-51(28-59-37-24-39(52(55,56)57)58-26-35(37)51)42(34-5-4-6-36(53)43(34)54)44(60-40)46(67)62-50-18-15-49(16-19-50,17-20-50)29-63-21-13-30(14-22-63)7-8-31-9-10-33-32(23-31)27-64(47(33)68)38-11-12-41(65)61-45(38)66/h4-6,9-10,23-24,26,30,38,40,42,44,59-60H,11-22,25,27-29H2,1-3H3,(H,62,67)(H,61,65,66)/t38?,40-,42-,44+,49?,50?,51-/m0/s1. The van der Waals surface area contributed by atoms with Crippen molar-refractivity contribution >= 4 is 40.9 Å². The third-order valence-corrected chi connectivity index (χ3v) is 16.7. The second-order valence-corrected chi connectivity index (χ2v) is 22.4. The van der Waals surface area contributed by atoms with E-state index in [2.05, 4.69) is 63.8 Å². The van der Waals surface area contributed by atoms with E-state index in [1.165, 1.54) is 12.3 Å². The molecule has 6 fully saturated rings. The molecule has 11 nitrogen and oxygen atoms in total. The zero-order chi connectivity index (χ0) is 48.0. The lowest BCUT2D eigenvalue weighted by Gasteiger charge is -2.55. The molecule has 1 spiro atoms. The maximum atomic E-state index is 16.4. The monoisotopic (exact) mass is 955 g/mol. The summed E-state index contributed by atoms with van der Waals surface area (Å²) in [6.07, 6.45) is 5.01. The Kier molecular flexibility index (Phi) is 11.8. The molecule has 4 amide bonds. The first-order valence-corrected chi connectivity index (χ1v) is 24.5. The molecule has 2 aromatic carbocycles. The second-order valence-electron chi connectivity index (χ2n) is 22.0. The number of likely N-dealkylation sites (tertiary alicyclic amines) is 1. The fourth-order valence-corrected chi connectivity index (χ4v) is 13.1. The molecule has 1 unspecified atom stereocenters. The van der Waals surface area contributed by atoms with Gasteiger partial charge in [0.15, 0.2) is 0 Å². The average Bonchev–Trinajstić information content (AvgIpc) is 3.94. The number of hydrogen-bond acceptors (Lipinski definition) is 8. The van der Waals surface area contributed by atoms with Gasteiger partial charge in [-0.1, -0.05) is 56.3 Å². The molecule has 4 N–H and O–H groups in total. The summed E-state index contributed by atoms with van der Waals surface area (Å²) < 4.78 is 58.1. The SMILES string of the molecule is CC(C)(C)C[C@@H]1N[C@@H](C(=O)NC23CCC(CN4CCC(C#Cc5ccc6c(c5)CN(C5CCC(=O)NC5=O)C6=O)CC4)(CC2)CC3)[C@H](c2cccc(Cl)c2F)[C@]12CNc1cc(C(F)(F)F)ncc12. The van der Waals surface area contributed by atoms with Crippen LogP contribution < -0.4 is 21.3 Å². The lowest BCUT2D eigenvalue weighted by molar-refractivity contribution is -0.141. The third-order valence-electron chi connectivity index (χ3n) is 16.5. The Morgan fingerprint density at radius 2 is 1.72 bits per heavy atom. The second kappa shape index (κ2) is 17.1. The van der Waals surface area contributed by atoms with Gasteiger partial charge in [-0.2, -0.15) is 13.2 Å². The van der Waals surface area contributed by atoms with Crippen LogP contribution in [0.25, 0.3) is 0 Å². The van der Waals surface area contributed by atoms with Gasteiger partial charge in [0.25, 0.3) is 5.91 Å². The lowest BCUT2D eigenvalue weighted by Crippen LogP contribution is -2.61. The van der Waals surface area contributed by atoms with Crippen molar-refractivity contribution in [2.45, 2.75) is 139 Å². The van der Waals surface area contributed by atoms with E-state index in [4.69, 9.17) is 11.6 Å². The van der Waals surface area contributed by atoms with Crippen molar-refractivity contribution in [1.29, 1.82) is 0 Å². The number of carbonyl (C=O) groups is 4. The van der Waals surface area contributed by atoms with Crippen LogP contribution in [0.5, 0.6) is 0 Å². The number of fused-ring (bicyclic) bond motifs is 6. The Morgan fingerprint density at radius 1 is 0.985 bits per heavy atom. The number of imide groups is 1. The first-order chi connectivity index (χ1) is 32.3. The molecule has 3 saturated heterocycles. The first kappa shape index (κ1) is 46.7. The number of anilines is 1. The summed E-state index contributed by atoms with van der Waals surface area (Å²) in [5, 5.41) is 12.7. The lowest BCUT2D eigenvalue weighted by atomic mass is 9.57. The van der Waals surface area contributed by atoms with Crippen molar-refractivity contribution in [3.05, 3.63) is 93.0 Å². The van der Waals surface area contributed by atoms with Crippen molar-refractivity contribution in [2.75, 3.05) is 31.5 Å². The molecule has 6 heterocycles. The van der Waals surface area contributed by atoms with Crippen molar-refractivity contribution < 1.29 is 36.7 Å². The molecule has 5 aliphatic heterocycles. The molecule has 360 valence electrons. The van der Waals surface area contributed by atoms with Gasteiger partial charge in [0.1, 0.15) is 17.6 Å². The molecule has 2 bridgehead atoms. The van der Waals surface area contributed by atoms with Gasteiger partial charge in [-0.15, -0.1) is 0 Å². The zero-order valence-electron chi connectivity index (χ0n) is 38.7. The summed E-state index contributed by atoms with van der Waals surface area (Å²) in [5.74, 6) is 4.47. The molecular formula is C52H58ClF4N7O4. The smallest absolute Gasteiger partial charge is 0.384 e. The summed E-state index contributed by atoms with van der Waals surface area (Å²) in [5.41, 5.74) is 0.740. The van der Waals surface area contributed by atoms with Gasteiger partial charge >= 0.3 is 6.18 Å². The number of piperidine rings is 2. The van der Waals surface area contributed by atoms with E-state index in [1.54, 1.807) is 23.1 Å². The number of alkyl halides is 3. The van der Waals surface area contributed by atoms with E-state index in [9.17, 15) is 32.3 Å². The van der Waals surface area contributed by atoms with Crippen LogP contribution >= 0.6 is 11.6 Å². The number of pyridine rings is 1. The summed E-state index contributed by atoms with van der Waals surface area (Å²) in [6.45, 7) is 9.62. The number of carbonyl (C=O) groups excluding carboxylic acids is 4. The molecule has 0 radical (unpaired) electrons. The van der Waals surface area contributed by atoms with Gasteiger partial charge in [-0.25, -0.2) is 4.39 Å². The largest absolute Gasteiger partial charge is 0.433 e. The molecule has 3 aliphatic carbocycles. The highest BCUT2D eigenvalue weighted by atomic mass is 35.5. The van der Waals surface area contributed by atoms with Crippen molar-refractivity contribution in [3.8, 4) is 11.8 Å². The predicted octanol–water partition coefficient (Wildman–Crippen LogP) is 7.85. The van der Waals surface area contributed by atoms with Gasteiger partial charge < -0.3 is 25.8 Å². The van der Waals surface area contributed by atoms with Gasteiger partial charge in [-0.3, -0.25) is 29.5 Å². The normalized spacial score (nSPS) is 30.5. The fraction of sp³-hybridized carbons (Fsp3) is 0.558. The van der Waals surface area contributed by atoms with E-state index in [-0.39, 0.29) is 63.7 Å². The first-order valence-electron chi connectivity index (χ1n) is 24.1. The molecule has 1 aromatic heterocycles. The van der Waals surface area contributed by atoms with Gasteiger partial charge in [0.05, 0.1) is 11.1 Å². The summed E-state index contributed by atoms with van der Waals surface area (Å²) in [7, 11) is 0. The number of benzene rings is 2. The highest BCUT2D eigenvalue weighted by molar-refractivity contribution is 6.30. The van der Waals surface area contributed by atoms with E-state index in [0.717, 1.165) is 88.2 Å². The molecule has 5 atom stereocenters. The molecule has 11 rings (SSSR count). The Bertz CT molecular complexity index is 2610. The summed E-state index contributed by atoms with van der Waals surface area (Å²) in [4.78, 5) is 60.3. The predicted molar refractivity (Wildman–Crippen MR) is 248 cm³/mol. The third kappa shape index (κ3) is 8.46. The van der Waals surface area contributed by atoms with Crippen molar-refractivity contribution in [3.63, 3.8) is 0 Å². The van der Waals surface area contributed by atoms with Crippen LogP contribution in [0.3, 0.4) is 0 Å². The van der Waals surface area contributed by atoms with Gasteiger partial charge in [0, 0.05) is 83.5 Å². The molecule has 16 heteroatoms. The highest BCUT2D eigenvalue weighted by Gasteiger charge is 2.63. The van der Waals surface area contributed by atoms with Crippen LogP contribution in [0, 0.1) is 34.4 Å². The van der Waals surface area contributed by atoms with Crippen LogP contribution in [0.2, 0.25) is 5.02 Å². The Morgan fingerprint density at radius 3 is 2.41 bits per heavy atom. The minimum Gasteiger partial charge on any atom is -0.384 e. The van der Waals surface area contributed by atoms with Crippen LogP contribution in [0.4, 0.5) is 23.2 Å². The minimum atomic E-state index is -4.65. The highest BCUT2D eigenvalue weighted by Crippen LogP contribution is 2.58. The zero-order valence-corrected chi connectivity index (χ0v) is 39.4. The molecule has 68 heavy (non-hydrogen) atoms. The van der Waals surface area contributed by atoms with Crippen molar-refractivity contribution in [1.82, 2.24) is 30.7 Å². The molecule has 8 aliphatic rings. The number of hydrogen-bond donors (Lipinski definition) is 4. The quantitative estimate of drug-likeness (QED) is 0.107. The number of amides is 4. The van der Waals surface area contributed by atoms with Gasteiger partial charge in [-0.05, 0) is 130 Å². The molecule has 3 aromatic rings. The maximum Gasteiger partial charge on any atom is 0.433 e. The topological polar surface area (TPSA) is 136 Å². The minimum absolute atomic E-state index is 0.0862. The Hall–Kier alpha value is -5.04. The van der Waals surface area contributed by atoms with Crippen molar-refractivity contribution in [2.24, 2.45) is 16.7 Å². The fourth-order valence-electron chi connectivity index (χ4n) is 12.9. The summed E-state index contributed by atoms with van der Waals surface area (Å²) in [6, 6.07) is 9.42. The van der Waals surface area contributed by atoms with Crippen LogP contribution in [0.15, 0.2) is 48.7 Å².